The number of halogens is 1. The van der Waals surface area contributed by atoms with Gasteiger partial charge in [0, 0.05) is 17.5 Å². The van der Waals surface area contributed by atoms with Crippen molar-refractivity contribution in [3.63, 3.8) is 0 Å². The maximum absolute atomic E-state index is 14.1. The van der Waals surface area contributed by atoms with Gasteiger partial charge >= 0.3 is 0 Å². The summed E-state index contributed by atoms with van der Waals surface area (Å²) in [5.41, 5.74) is 3.36. The van der Waals surface area contributed by atoms with Gasteiger partial charge in [0.05, 0.1) is 11.3 Å². The first-order valence-electron chi connectivity index (χ1n) is 10.6. The molecule has 0 aromatic heterocycles. The van der Waals surface area contributed by atoms with E-state index in [9.17, 15) is 9.18 Å². The minimum atomic E-state index is -0.395. The van der Waals surface area contributed by atoms with E-state index in [4.69, 9.17) is 0 Å². The third-order valence-electron chi connectivity index (χ3n) is 5.75. The van der Waals surface area contributed by atoms with Gasteiger partial charge in [-0.05, 0) is 81.6 Å². The zero-order valence-electron chi connectivity index (χ0n) is 16.7. The van der Waals surface area contributed by atoms with Gasteiger partial charge in [-0.3, -0.25) is 4.79 Å². The summed E-state index contributed by atoms with van der Waals surface area (Å²) in [5.74, 6) is -0.684. The number of likely N-dealkylation sites (tertiary alicyclic amines) is 1. The standard InChI is InChI=1S/C24H28FN3O/c25-21-8-6-9-22-23(21)20(24(29)27-22)17-26-19-12-10-18(11-13-19)7-2-5-16-28-14-3-1-4-15-28/h6,8-13,17,26H,1-5,7,14-16H2,(H,27,29). The predicted octanol–water partition coefficient (Wildman–Crippen LogP) is 5.04. The van der Waals surface area contributed by atoms with Crippen molar-refractivity contribution in [3.8, 4) is 0 Å². The molecule has 0 unspecified atom stereocenters. The molecule has 5 heteroatoms. The van der Waals surface area contributed by atoms with Crippen LogP contribution in [0.4, 0.5) is 15.8 Å². The molecule has 2 heterocycles. The summed E-state index contributed by atoms with van der Waals surface area (Å²) < 4.78 is 14.1. The van der Waals surface area contributed by atoms with Gasteiger partial charge in [0.2, 0.25) is 0 Å². The Balaban J connectivity index is 1.29. The Kier molecular flexibility index (Phi) is 6.25. The van der Waals surface area contributed by atoms with Crippen molar-refractivity contribution >= 4 is 22.9 Å². The summed E-state index contributed by atoms with van der Waals surface area (Å²) in [4.78, 5) is 14.7. The predicted molar refractivity (Wildman–Crippen MR) is 116 cm³/mol. The van der Waals surface area contributed by atoms with Crippen LogP contribution in [0.3, 0.4) is 0 Å². The fourth-order valence-electron chi connectivity index (χ4n) is 4.11. The average molecular weight is 394 g/mol. The van der Waals surface area contributed by atoms with Crippen molar-refractivity contribution in [2.45, 2.75) is 38.5 Å². The van der Waals surface area contributed by atoms with Crippen LogP contribution in [0, 0.1) is 5.82 Å². The molecule has 29 heavy (non-hydrogen) atoms. The minimum absolute atomic E-state index is 0.289. The van der Waals surface area contributed by atoms with E-state index in [2.05, 4.69) is 27.7 Å². The molecular weight excluding hydrogens is 365 g/mol. The van der Waals surface area contributed by atoms with Gasteiger partial charge in [0.1, 0.15) is 5.82 Å². The molecule has 2 aliphatic rings. The SMILES string of the molecule is O=C1Nc2cccc(F)c2C1=CNc1ccc(CCCCN2CCCCC2)cc1. The van der Waals surface area contributed by atoms with E-state index in [0.29, 0.717) is 16.8 Å². The monoisotopic (exact) mass is 393 g/mol. The zero-order valence-corrected chi connectivity index (χ0v) is 16.7. The van der Waals surface area contributed by atoms with Gasteiger partial charge in [0.25, 0.3) is 5.91 Å². The molecule has 0 saturated carbocycles. The molecule has 0 radical (unpaired) electrons. The molecule has 152 valence electrons. The molecule has 2 aliphatic heterocycles. The number of nitrogens with one attached hydrogen (secondary N) is 2. The number of unbranched alkanes of at least 4 members (excludes halogenated alkanes) is 1. The third-order valence-corrected chi connectivity index (χ3v) is 5.75. The van der Waals surface area contributed by atoms with Crippen molar-refractivity contribution in [1.29, 1.82) is 0 Å². The van der Waals surface area contributed by atoms with E-state index >= 15 is 0 Å². The second-order valence-electron chi connectivity index (χ2n) is 7.88. The van der Waals surface area contributed by atoms with E-state index in [1.54, 1.807) is 18.3 Å². The topological polar surface area (TPSA) is 44.4 Å². The van der Waals surface area contributed by atoms with Crippen LogP contribution in [-0.2, 0) is 11.2 Å². The van der Waals surface area contributed by atoms with E-state index in [0.717, 1.165) is 12.1 Å². The fourth-order valence-corrected chi connectivity index (χ4v) is 4.11. The maximum Gasteiger partial charge on any atom is 0.257 e. The van der Waals surface area contributed by atoms with E-state index in [1.165, 1.54) is 63.4 Å². The lowest BCUT2D eigenvalue weighted by Gasteiger charge is -2.26. The summed E-state index contributed by atoms with van der Waals surface area (Å²) in [5, 5.41) is 5.82. The second kappa shape index (κ2) is 9.23. The highest BCUT2D eigenvalue weighted by molar-refractivity contribution is 6.31. The van der Waals surface area contributed by atoms with Crippen LogP contribution in [0.5, 0.6) is 0 Å². The van der Waals surface area contributed by atoms with Crippen molar-refractivity contribution in [2.24, 2.45) is 0 Å². The van der Waals surface area contributed by atoms with Crippen LogP contribution in [0.25, 0.3) is 5.57 Å². The Morgan fingerprint density at radius 3 is 2.62 bits per heavy atom. The highest BCUT2D eigenvalue weighted by atomic mass is 19.1. The molecule has 4 nitrogen and oxygen atoms in total. The lowest BCUT2D eigenvalue weighted by atomic mass is 10.1. The van der Waals surface area contributed by atoms with Crippen LogP contribution in [0.15, 0.2) is 48.7 Å². The van der Waals surface area contributed by atoms with Gasteiger partial charge < -0.3 is 15.5 Å². The smallest absolute Gasteiger partial charge is 0.257 e. The Morgan fingerprint density at radius 1 is 1.03 bits per heavy atom. The summed E-state index contributed by atoms with van der Waals surface area (Å²) in [6.07, 6.45) is 9.19. The van der Waals surface area contributed by atoms with Crippen LogP contribution < -0.4 is 10.6 Å². The number of carbonyl (C=O) groups is 1. The first-order chi connectivity index (χ1) is 14.2. The zero-order chi connectivity index (χ0) is 20.1. The number of hydrogen-bond donors (Lipinski definition) is 2. The van der Waals surface area contributed by atoms with E-state index < -0.39 is 5.82 Å². The van der Waals surface area contributed by atoms with Gasteiger partial charge in [-0.2, -0.15) is 0 Å². The number of rotatable bonds is 7. The van der Waals surface area contributed by atoms with Gasteiger partial charge in [-0.15, -0.1) is 0 Å². The van der Waals surface area contributed by atoms with Crippen LogP contribution >= 0.6 is 0 Å². The number of hydrogen-bond acceptors (Lipinski definition) is 3. The Morgan fingerprint density at radius 2 is 1.83 bits per heavy atom. The molecule has 0 bridgehead atoms. The molecule has 1 fully saturated rings. The first kappa shape index (κ1) is 19.6. The van der Waals surface area contributed by atoms with E-state index in [-0.39, 0.29) is 5.91 Å². The normalized spacial score (nSPS) is 18.0. The Labute approximate surface area is 171 Å². The second-order valence-corrected chi connectivity index (χ2v) is 7.88. The number of carbonyl (C=O) groups excluding carboxylic acids is 1. The van der Waals surface area contributed by atoms with Gasteiger partial charge in [-0.1, -0.05) is 24.6 Å². The maximum atomic E-state index is 14.1. The average Bonchev–Trinajstić information content (AvgIpc) is 3.07. The molecule has 1 amide bonds. The molecule has 2 aromatic carbocycles. The molecule has 0 atom stereocenters. The van der Waals surface area contributed by atoms with Crippen molar-refractivity contribution in [2.75, 3.05) is 30.3 Å². The number of amides is 1. The highest BCUT2D eigenvalue weighted by Crippen LogP contribution is 2.33. The van der Waals surface area contributed by atoms with Gasteiger partial charge in [-0.25, -0.2) is 4.39 Å². The van der Waals surface area contributed by atoms with Crippen LogP contribution in [0.2, 0.25) is 0 Å². The fraction of sp³-hybridized carbons (Fsp3) is 0.375. The van der Waals surface area contributed by atoms with Crippen molar-refractivity contribution in [3.05, 3.63) is 65.6 Å². The number of nitrogens with zero attached hydrogens (tertiary/aromatic N) is 1. The number of piperidine rings is 1. The van der Waals surface area contributed by atoms with Crippen LogP contribution in [-0.4, -0.2) is 30.4 Å². The van der Waals surface area contributed by atoms with Crippen LogP contribution in [0.1, 0.15) is 43.2 Å². The lowest BCUT2D eigenvalue weighted by Crippen LogP contribution is -2.30. The molecule has 0 spiro atoms. The number of benzene rings is 2. The molecule has 2 aromatic rings. The molecular formula is C24H28FN3O. The van der Waals surface area contributed by atoms with Crippen molar-refractivity contribution in [1.82, 2.24) is 4.90 Å². The summed E-state index contributed by atoms with van der Waals surface area (Å²) in [6.45, 7) is 3.75. The van der Waals surface area contributed by atoms with Crippen molar-refractivity contribution < 1.29 is 9.18 Å². The Bertz CT molecular complexity index is 885. The largest absolute Gasteiger partial charge is 0.361 e. The summed E-state index contributed by atoms with van der Waals surface area (Å²) in [6, 6.07) is 12.9. The molecule has 1 saturated heterocycles. The minimum Gasteiger partial charge on any atom is -0.361 e. The summed E-state index contributed by atoms with van der Waals surface area (Å²) in [7, 11) is 0. The Hall–Kier alpha value is -2.66. The molecule has 4 rings (SSSR count). The summed E-state index contributed by atoms with van der Waals surface area (Å²) >= 11 is 0. The van der Waals surface area contributed by atoms with Gasteiger partial charge in [0.15, 0.2) is 0 Å². The number of aryl methyl sites for hydroxylation is 1. The quantitative estimate of drug-likeness (QED) is 0.512. The first-order valence-corrected chi connectivity index (χ1v) is 10.6. The third kappa shape index (κ3) is 4.85. The number of anilines is 2. The highest BCUT2D eigenvalue weighted by Gasteiger charge is 2.27. The molecule has 0 aliphatic carbocycles. The molecule has 2 N–H and O–H groups in total. The lowest BCUT2D eigenvalue weighted by molar-refractivity contribution is -0.110. The number of fused-ring (bicyclic) bond motifs is 1. The van der Waals surface area contributed by atoms with E-state index in [1.807, 2.05) is 12.1 Å².